The zero-order valence-corrected chi connectivity index (χ0v) is 16.2. The molecule has 0 radical (unpaired) electrons. The summed E-state index contributed by atoms with van der Waals surface area (Å²) in [4.78, 5) is 22.7. The van der Waals surface area contributed by atoms with Crippen LogP contribution in [0.2, 0.25) is 18.1 Å². The van der Waals surface area contributed by atoms with Crippen LogP contribution in [0.15, 0.2) is 12.2 Å². The molecule has 22 heavy (non-hydrogen) atoms. The van der Waals surface area contributed by atoms with E-state index in [0.29, 0.717) is 12.8 Å². The molecule has 0 aliphatic carbocycles. The quantitative estimate of drug-likeness (QED) is 0.360. The second-order valence-corrected chi connectivity index (χ2v) is 12.0. The molecule has 0 saturated carbocycles. The van der Waals surface area contributed by atoms with E-state index in [1.54, 1.807) is 12.2 Å². The van der Waals surface area contributed by atoms with Crippen molar-refractivity contribution >= 4 is 20.1 Å². The van der Waals surface area contributed by atoms with Crippen molar-refractivity contribution in [1.29, 1.82) is 0 Å². The fraction of sp³-hybridized carbons (Fsp3) is 0.765. The van der Waals surface area contributed by atoms with E-state index in [2.05, 4.69) is 38.6 Å². The highest BCUT2D eigenvalue weighted by Gasteiger charge is 2.38. The van der Waals surface area contributed by atoms with Gasteiger partial charge in [0.1, 0.15) is 5.78 Å². The van der Waals surface area contributed by atoms with Gasteiger partial charge in [-0.25, -0.2) is 0 Å². The molecule has 0 fully saturated rings. The molecule has 0 saturated heterocycles. The maximum atomic E-state index is 11.8. The van der Waals surface area contributed by atoms with Gasteiger partial charge in [0.25, 0.3) is 0 Å². The molecule has 0 N–H and O–H groups in total. The molecule has 0 heterocycles. The fourth-order valence-electron chi connectivity index (χ4n) is 1.68. The van der Waals surface area contributed by atoms with Crippen molar-refractivity contribution in [3.63, 3.8) is 0 Å². The topological polar surface area (TPSA) is 52.6 Å². The molecule has 128 valence electrons. The summed E-state index contributed by atoms with van der Waals surface area (Å²) in [6.07, 6.45) is 5.36. The van der Waals surface area contributed by atoms with E-state index in [4.69, 9.17) is 4.43 Å². The van der Waals surface area contributed by atoms with Crippen LogP contribution in [0.3, 0.4) is 0 Å². The Morgan fingerprint density at radius 3 is 2.18 bits per heavy atom. The molecule has 0 rings (SSSR count). The average Bonchev–Trinajstić information content (AvgIpc) is 2.39. The van der Waals surface area contributed by atoms with E-state index in [9.17, 15) is 9.59 Å². The second-order valence-electron chi connectivity index (χ2n) is 7.22. The van der Waals surface area contributed by atoms with Crippen LogP contribution in [0.1, 0.15) is 53.4 Å². The molecule has 5 heteroatoms. The Bertz CT molecular complexity index is 394. The summed E-state index contributed by atoms with van der Waals surface area (Å²) < 4.78 is 10.8. The Hall–Kier alpha value is -0.943. The van der Waals surface area contributed by atoms with Crippen LogP contribution in [-0.4, -0.2) is 33.3 Å². The summed E-state index contributed by atoms with van der Waals surface area (Å²) in [5, 5.41) is 0.182. The monoisotopic (exact) mass is 328 g/mol. The standard InChI is InChI=1S/C17H32O4Si/c1-14(21-22(6,7)17(2,3)4)12-13-15(18)10-8-9-11-16(19)20-5/h8-9,14H,10-13H2,1-7H3/b9-8+/t14-/m1/s1. The molecule has 0 aromatic rings. The van der Waals surface area contributed by atoms with Gasteiger partial charge in [-0.05, 0) is 31.5 Å². The SMILES string of the molecule is COC(=O)C/C=C/CC(=O)CC[C@@H](C)O[Si](C)(C)C(C)(C)C. The zero-order valence-electron chi connectivity index (χ0n) is 15.2. The molecule has 0 spiro atoms. The number of carbonyl (C=O) groups excluding carboxylic acids is 2. The van der Waals surface area contributed by atoms with Crippen molar-refractivity contribution in [3.05, 3.63) is 12.2 Å². The molecule has 4 nitrogen and oxygen atoms in total. The third-order valence-corrected chi connectivity index (χ3v) is 8.76. The summed E-state index contributed by atoms with van der Waals surface area (Å²) in [6, 6.07) is 0. The van der Waals surface area contributed by atoms with Crippen LogP contribution < -0.4 is 0 Å². The van der Waals surface area contributed by atoms with E-state index in [-0.39, 0.29) is 29.3 Å². The summed E-state index contributed by atoms with van der Waals surface area (Å²) in [7, 11) is -0.412. The Balaban J connectivity index is 4.08. The minimum atomic E-state index is -1.76. The van der Waals surface area contributed by atoms with Gasteiger partial charge in [0.2, 0.25) is 0 Å². The summed E-state index contributed by atoms with van der Waals surface area (Å²) in [5.74, 6) is -0.119. The summed E-state index contributed by atoms with van der Waals surface area (Å²) >= 11 is 0. The van der Waals surface area contributed by atoms with Crippen LogP contribution >= 0.6 is 0 Å². The first-order valence-electron chi connectivity index (χ1n) is 7.91. The van der Waals surface area contributed by atoms with Crippen LogP contribution in [0.4, 0.5) is 0 Å². The lowest BCUT2D eigenvalue weighted by Crippen LogP contribution is -2.43. The van der Waals surface area contributed by atoms with Crippen molar-refractivity contribution in [2.24, 2.45) is 0 Å². The lowest BCUT2D eigenvalue weighted by Gasteiger charge is -2.38. The van der Waals surface area contributed by atoms with Crippen molar-refractivity contribution in [3.8, 4) is 0 Å². The highest BCUT2D eigenvalue weighted by molar-refractivity contribution is 6.74. The maximum Gasteiger partial charge on any atom is 0.309 e. The number of hydrogen-bond acceptors (Lipinski definition) is 4. The third-order valence-electron chi connectivity index (χ3n) is 4.16. The lowest BCUT2D eigenvalue weighted by atomic mass is 10.1. The van der Waals surface area contributed by atoms with Crippen LogP contribution in [0.5, 0.6) is 0 Å². The first-order chi connectivity index (χ1) is 9.99. The van der Waals surface area contributed by atoms with E-state index >= 15 is 0 Å². The predicted molar refractivity (Wildman–Crippen MR) is 92.4 cm³/mol. The molecule has 0 aromatic heterocycles. The van der Waals surface area contributed by atoms with E-state index in [1.807, 2.05) is 6.92 Å². The molecule has 0 aromatic carbocycles. The first-order valence-corrected chi connectivity index (χ1v) is 10.8. The Morgan fingerprint density at radius 2 is 1.68 bits per heavy atom. The third kappa shape index (κ3) is 8.49. The fourth-order valence-corrected chi connectivity index (χ4v) is 3.16. The van der Waals surface area contributed by atoms with Gasteiger partial charge < -0.3 is 9.16 Å². The normalized spacial score (nSPS) is 14.1. The number of Topliss-reactive ketones (excluding diaryl/α,β-unsaturated/α-hetero) is 1. The van der Waals surface area contributed by atoms with Gasteiger partial charge >= 0.3 is 5.97 Å². The number of esters is 1. The molecule has 0 unspecified atom stereocenters. The molecule has 0 amide bonds. The maximum absolute atomic E-state index is 11.8. The number of ketones is 1. The van der Waals surface area contributed by atoms with Crippen molar-refractivity contribution < 1.29 is 18.8 Å². The Labute approximate surface area is 136 Å². The van der Waals surface area contributed by atoms with Crippen molar-refractivity contribution in [1.82, 2.24) is 0 Å². The van der Waals surface area contributed by atoms with Crippen molar-refractivity contribution in [2.45, 2.75) is 77.6 Å². The highest BCUT2D eigenvalue weighted by Crippen LogP contribution is 2.37. The minimum Gasteiger partial charge on any atom is -0.469 e. The van der Waals surface area contributed by atoms with E-state index < -0.39 is 8.32 Å². The number of ether oxygens (including phenoxy) is 1. The molecular formula is C17H32O4Si. The Morgan fingerprint density at radius 1 is 1.14 bits per heavy atom. The number of hydrogen-bond donors (Lipinski definition) is 0. The number of allylic oxidation sites excluding steroid dienone is 1. The van der Waals surface area contributed by atoms with E-state index in [0.717, 1.165) is 6.42 Å². The van der Waals surface area contributed by atoms with E-state index in [1.165, 1.54) is 7.11 Å². The van der Waals surface area contributed by atoms with Crippen molar-refractivity contribution in [2.75, 3.05) is 7.11 Å². The summed E-state index contributed by atoms with van der Waals surface area (Å²) in [6.45, 7) is 13.1. The van der Waals surface area contributed by atoms with Gasteiger partial charge in [0, 0.05) is 18.9 Å². The van der Waals surface area contributed by atoms with Gasteiger partial charge in [0.05, 0.1) is 13.5 Å². The molecular weight excluding hydrogens is 296 g/mol. The van der Waals surface area contributed by atoms with Gasteiger partial charge in [0.15, 0.2) is 8.32 Å². The molecule has 1 atom stereocenters. The molecule has 0 aliphatic rings. The van der Waals surface area contributed by atoms with Crippen LogP contribution in [-0.2, 0) is 18.8 Å². The molecule has 0 aliphatic heterocycles. The summed E-state index contributed by atoms with van der Waals surface area (Å²) in [5.41, 5.74) is 0. The predicted octanol–water partition coefficient (Wildman–Crippen LogP) is 4.26. The van der Waals surface area contributed by atoms with Gasteiger partial charge in [-0.15, -0.1) is 0 Å². The molecule has 0 bridgehead atoms. The van der Waals surface area contributed by atoms with Gasteiger partial charge in [-0.3, -0.25) is 9.59 Å². The second kappa shape index (κ2) is 9.25. The number of methoxy groups -OCH3 is 1. The first kappa shape index (κ1) is 21.1. The van der Waals surface area contributed by atoms with Crippen LogP contribution in [0.25, 0.3) is 0 Å². The lowest BCUT2D eigenvalue weighted by molar-refractivity contribution is -0.139. The average molecular weight is 329 g/mol. The zero-order chi connectivity index (χ0) is 17.4. The van der Waals surface area contributed by atoms with Gasteiger partial charge in [-0.1, -0.05) is 32.9 Å². The minimum absolute atomic E-state index is 0.101. The van der Waals surface area contributed by atoms with Gasteiger partial charge in [-0.2, -0.15) is 0 Å². The number of carbonyl (C=O) groups is 2. The smallest absolute Gasteiger partial charge is 0.309 e. The highest BCUT2D eigenvalue weighted by atomic mass is 28.4. The Kier molecular flexibility index (Phi) is 8.86. The van der Waals surface area contributed by atoms with Crippen LogP contribution in [0, 0.1) is 0 Å². The largest absolute Gasteiger partial charge is 0.469 e. The number of rotatable bonds is 9.